The molecule has 5 heteroatoms. The Morgan fingerprint density at radius 1 is 1.26 bits per heavy atom. The van der Waals surface area contributed by atoms with Gasteiger partial charge >= 0.3 is 0 Å². The van der Waals surface area contributed by atoms with Crippen LogP contribution in [-0.2, 0) is 4.79 Å². The van der Waals surface area contributed by atoms with E-state index in [1.165, 1.54) is 0 Å². The maximum Gasteiger partial charge on any atom is 0.251 e. The Morgan fingerprint density at radius 3 is 2.43 bits per heavy atom. The van der Waals surface area contributed by atoms with Crippen LogP contribution in [0.25, 0.3) is 0 Å². The number of nitrogens with zero attached hydrogens (tertiary/aromatic N) is 2. The molecule has 0 radical (unpaired) electrons. The quantitative estimate of drug-likeness (QED) is 0.874. The van der Waals surface area contributed by atoms with Crippen molar-refractivity contribution < 1.29 is 9.59 Å². The molecule has 0 unspecified atom stereocenters. The van der Waals surface area contributed by atoms with Crippen molar-refractivity contribution in [3.63, 3.8) is 0 Å². The average molecular weight is 317 g/mol. The summed E-state index contributed by atoms with van der Waals surface area (Å²) in [6, 6.07) is 7.27. The van der Waals surface area contributed by atoms with E-state index < -0.39 is 0 Å². The first kappa shape index (κ1) is 17.5. The van der Waals surface area contributed by atoms with E-state index in [1.54, 1.807) is 17.0 Å². The van der Waals surface area contributed by atoms with Gasteiger partial charge in [-0.15, -0.1) is 0 Å². The van der Waals surface area contributed by atoms with Gasteiger partial charge in [0.25, 0.3) is 5.91 Å². The van der Waals surface area contributed by atoms with Crippen molar-refractivity contribution in [3.05, 3.63) is 29.8 Å². The average Bonchev–Trinajstić information content (AvgIpc) is 2.90. The summed E-state index contributed by atoms with van der Waals surface area (Å²) in [5, 5.41) is 3.00. The lowest BCUT2D eigenvalue weighted by atomic mass is 9.93. The normalized spacial score (nSPS) is 15.3. The second-order valence-electron chi connectivity index (χ2n) is 7.28. The predicted octanol–water partition coefficient (Wildman–Crippen LogP) is 2.13. The van der Waals surface area contributed by atoms with Gasteiger partial charge in [0, 0.05) is 37.3 Å². The molecule has 0 saturated carbocycles. The molecule has 1 fully saturated rings. The largest absolute Gasteiger partial charge is 0.351 e. The number of hydrogen-bond acceptors (Lipinski definition) is 3. The second-order valence-corrected chi connectivity index (χ2v) is 7.28. The third-order valence-electron chi connectivity index (χ3n) is 3.99. The Balaban J connectivity index is 1.94. The highest BCUT2D eigenvalue weighted by Crippen LogP contribution is 2.21. The zero-order valence-corrected chi connectivity index (χ0v) is 14.6. The van der Waals surface area contributed by atoms with Crippen molar-refractivity contribution in [3.8, 4) is 0 Å². The molecular weight excluding hydrogens is 290 g/mol. The van der Waals surface area contributed by atoms with E-state index in [0.717, 1.165) is 25.2 Å². The van der Waals surface area contributed by atoms with E-state index in [2.05, 4.69) is 24.1 Å². The van der Waals surface area contributed by atoms with Crippen LogP contribution >= 0.6 is 0 Å². The minimum atomic E-state index is -0.0730. The maximum absolute atomic E-state index is 12.3. The van der Waals surface area contributed by atoms with Crippen LogP contribution in [0.3, 0.4) is 0 Å². The molecule has 1 aromatic rings. The fraction of sp³-hybridized carbons (Fsp3) is 0.556. The number of nitrogens with one attached hydrogen (secondary N) is 1. The summed E-state index contributed by atoms with van der Waals surface area (Å²) in [5.74, 6) is 0.0868. The van der Waals surface area contributed by atoms with Crippen LogP contribution in [0.4, 0.5) is 5.69 Å². The summed E-state index contributed by atoms with van der Waals surface area (Å²) in [6.45, 7) is 6.56. The maximum atomic E-state index is 12.3. The Morgan fingerprint density at radius 2 is 1.91 bits per heavy atom. The Hall–Kier alpha value is -1.88. The minimum absolute atomic E-state index is 0.0150. The molecule has 126 valence electrons. The number of hydrogen-bond donors (Lipinski definition) is 1. The van der Waals surface area contributed by atoms with Crippen molar-refractivity contribution >= 4 is 17.5 Å². The van der Waals surface area contributed by atoms with Gasteiger partial charge in [-0.1, -0.05) is 13.8 Å². The van der Waals surface area contributed by atoms with Crippen molar-refractivity contribution in [1.29, 1.82) is 0 Å². The van der Waals surface area contributed by atoms with E-state index in [1.807, 2.05) is 26.2 Å². The molecule has 1 saturated heterocycles. The molecule has 1 aromatic carbocycles. The molecule has 0 aromatic heterocycles. The van der Waals surface area contributed by atoms with Gasteiger partial charge in [-0.3, -0.25) is 9.59 Å². The van der Waals surface area contributed by atoms with Crippen molar-refractivity contribution in [2.24, 2.45) is 5.41 Å². The fourth-order valence-corrected chi connectivity index (χ4v) is 3.05. The van der Waals surface area contributed by atoms with Crippen LogP contribution in [-0.4, -0.2) is 50.4 Å². The van der Waals surface area contributed by atoms with Gasteiger partial charge in [-0.25, -0.2) is 0 Å². The van der Waals surface area contributed by atoms with E-state index in [4.69, 9.17) is 0 Å². The van der Waals surface area contributed by atoms with Crippen LogP contribution in [0.15, 0.2) is 24.3 Å². The van der Waals surface area contributed by atoms with Gasteiger partial charge in [0.2, 0.25) is 5.91 Å². The molecule has 1 heterocycles. The van der Waals surface area contributed by atoms with Gasteiger partial charge < -0.3 is 15.1 Å². The monoisotopic (exact) mass is 317 g/mol. The molecule has 2 amide bonds. The number of benzene rings is 1. The molecule has 1 aliphatic heterocycles. The Labute approximate surface area is 138 Å². The number of amides is 2. The zero-order valence-electron chi connectivity index (χ0n) is 14.6. The van der Waals surface area contributed by atoms with Gasteiger partial charge in [0.15, 0.2) is 0 Å². The van der Waals surface area contributed by atoms with E-state index in [0.29, 0.717) is 18.5 Å². The summed E-state index contributed by atoms with van der Waals surface area (Å²) >= 11 is 0. The summed E-state index contributed by atoms with van der Waals surface area (Å²) in [6.07, 6.45) is 1.52. The van der Waals surface area contributed by atoms with Gasteiger partial charge in [0.05, 0.1) is 0 Å². The smallest absolute Gasteiger partial charge is 0.251 e. The first-order chi connectivity index (χ1) is 10.8. The lowest BCUT2D eigenvalue weighted by molar-refractivity contribution is -0.117. The van der Waals surface area contributed by atoms with Crippen molar-refractivity contribution in [1.82, 2.24) is 10.2 Å². The summed E-state index contributed by atoms with van der Waals surface area (Å²) in [4.78, 5) is 27.9. The Kier molecular flexibility index (Phi) is 5.42. The highest BCUT2D eigenvalue weighted by molar-refractivity contribution is 5.97. The fourth-order valence-electron chi connectivity index (χ4n) is 3.05. The van der Waals surface area contributed by atoms with Crippen LogP contribution < -0.4 is 10.2 Å². The summed E-state index contributed by atoms with van der Waals surface area (Å²) in [7, 11) is 4.06. The molecule has 23 heavy (non-hydrogen) atoms. The summed E-state index contributed by atoms with van der Waals surface area (Å²) < 4.78 is 0. The number of carbonyl (C=O) groups is 2. The minimum Gasteiger partial charge on any atom is -0.351 e. The second kappa shape index (κ2) is 7.13. The molecule has 1 N–H and O–H groups in total. The van der Waals surface area contributed by atoms with Crippen molar-refractivity contribution in [2.75, 3.05) is 38.6 Å². The zero-order chi connectivity index (χ0) is 17.0. The third-order valence-corrected chi connectivity index (χ3v) is 3.99. The highest BCUT2D eigenvalue weighted by Gasteiger charge is 2.22. The first-order valence-electron chi connectivity index (χ1n) is 8.12. The highest BCUT2D eigenvalue weighted by atomic mass is 16.2. The topological polar surface area (TPSA) is 52.7 Å². The molecule has 0 bridgehead atoms. The molecule has 0 spiro atoms. The van der Waals surface area contributed by atoms with Gasteiger partial charge in [0.1, 0.15) is 0 Å². The number of rotatable bonds is 6. The molecule has 2 rings (SSSR count). The lowest BCUT2D eigenvalue weighted by Gasteiger charge is -2.28. The summed E-state index contributed by atoms with van der Waals surface area (Å²) in [5.41, 5.74) is 1.51. The van der Waals surface area contributed by atoms with Crippen molar-refractivity contribution in [2.45, 2.75) is 26.7 Å². The van der Waals surface area contributed by atoms with E-state index >= 15 is 0 Å². The molecule has 0 aliphatic carbocycles. The predicted molar refractivity (Wildman–Crippen MR) is 92.7 cm³/mol. The standard InChI is InChI=1S/C18H27N3O2/c1-18(2,13-20(3)4)12-19-17(23)14-7-9-15(10-8-14)21-11-5-6-16(21)22/h7-10H,5-6,11-13H2,1-4H3,(H,19,23). The van der Waals surface area contributed by atoms with Gasteiger partial charge in [-0.05, 0) is 50.2 Å². The molecule has 0 atom stereocenters. The number of carbonyl (C=O) groups excluding carboxylic acids is 2. The first-order valence-corrected chi connectivity index (χ1v) is 8.12. The molecule has 1 aliphatic rings. The third kappa shape index (κ3) is 4.79. The molecular formula is C18H27N3O2. The van der Waals surface area contributed by atoms with Crippen LogP contribution in [0.1, 0.15) is 37.0 Å². The van der Waals surface area contributed by atoms with Crippen LogP contribution in [0, 0.1) is 5.41 Å². The lowest BCUT2D eigenvalue weighted by Crippen LogP contribution is -2.39. The molecule has 5 nitrogen and oxygen atoms in total. The van der Waals surface area contributed by atoms with E-state index in [9.17, 15) is 9.59 Å². The Bertz CT molecular complexity index is 564. The van der Waals surface area contributed by atoms with Gasteiger partial charge in [-0.2, -0.15) is 0 Å². The van der Waals surface area contributed by atoms with Crippen LogP contribution in [0.5, 0.6) is 0 Å². The number of anilines is 1. The SMILES string of the molecule is CN(C)CC(C)(C)CNC(=O)c1ccc(N2CCCC2=O)cc1. The van der Waals surface area contributed by atoms with E-state index in [-0.39, 0.29) is 17.2 Å². The van der Waals surface area contributed by atoms with Crippen LogP contribution in [0.2, 0.25) is 0 Å².